The lowest BCUT2D eigenvalue weighted by Crippen LogP contribution is -2.49. The zero-order chi connectivity index (χ0) is 30.0. The molecule has 1 saturated heterocycles. The van der Waals surface area contributed by atoms with Gasteiger partial charge in [0.1, 0.15) is 6.04 Å². The van der Waals surface area contributed by atoms with Crippen LogP contribution in [-0.2, 0) is 22.3 Å². The van der Waals surface area contributed by atoms with Crippen LogP contribution in [-0.4, -0.2) is 63.7 Å². The van der Waals surface area contributed by atoms with Gasteiger partial charge in [-0.25, -0.2) is 9.97 Å². The Labute approximate surface area is 245 Å². The van der Waals surface area contributed by atoms with Crippen LogP contribution in [0.2, 0.25) is 5.02 Å². The molecule has 0 aliphatic carbocycles. The maximum atomic E-state index is 13.4. The third-order valence-electron chi connectivity index (χ3n) is 7.44. The summed E-state index contributed by atoms with van der Waals surface area (Å²) in [6.45, 7) is 2.23. The van der Waals surface area contributed by atoms with Gasteiger partial charge in [0.25, 0.3) is 5.91 Å². The first-order valence-electron chi connectivity index (χ1n) is 13.4. The van der Waals surface area contributed by atoms with Gasteiger partial charge in [-0.3, -0.25) is 9.59 Å². The Bertz CT molecular complexity index is 1480. The van der Waals surface area contributed by atoms with Crippen LogP contribution in [0.25, 0.3) is 11.3 Å². The van der Waals surface area contributed by atoms with Gasteiger partial charge in [0, 0.05) is 36.9 Å². The first kappa shape index (κ1) is 29.7. The molecule has 1 aromatic heterocycles. The van der Waals surface area contributed by atoms with E-state index < -0.39 is 42.2 Å². The van der Waals surface area contributed by atoms with Gasteiger partial charge in [0.05, 0.1) is 35.1 Å². The van der Waals surface area contributed by atoms with Crippen molar-refractivity contribution in [2.45, 2.75) is 50.6 Å². The summed E-state index contributed by atoms with van der Waals surface area (Å²) in [5.74, 6) is -0.758. The molecule has 0 radical (unpaired) electrons. The van der Waals surface area contributed by atoms with E-state index in [1.165, 1.54) is 30.2 Å². The second kappa shape index (κ2) is 12.2. The summed E-state index contributed by atoms with van der Waals surface area (Å²) >= 11 is 6.42. The highest BCUT2D eigenvalue weighted by Crippen LogP contribution is 2.33. The van der Waals surface area contributed by atoms with Gasteiger partial charge < -0.3 is 25.4 Å². The van der Waals surface area contributed by atoms with E-state index >= 15 is 0 Å². The summed E-state index contributed by atoms with van der Waals surface area (Å²) in [5, 5.41) is 16.3. The number of hydrogen-bond acceptors (Lipinski definition) is 7. The number of anilines is 1. The minimum Gasteiger partial charge on any atom is -0.394 e. The highest BCUT2D eigenvalue weighted by molar-refractivity contribution is 6.33. The Morgan fingerprint density at radius 1 is 1.21 bits per heavy atom. The minimum atomic E-state index is -4.53. The molecule has 5 rings (SSSR count). The van der Waals surface area contributed by atoms with Crippen molar-refractivity contribution in [3.05, 3.63) is 75.9 Å². The van der Waals surface area contributed by atoms with Crippen LogP contribution in [0.5, 0.6) is 0 Å². The molecule has 2 aliphatic rings. The lowest BCUT2D eigenvalue weighted by atomic mass is 10.0. The van der Waals surface area contributed by atoms with Gasteiger partial charge in [-0.2, -0.15) is 13.2 Å². The molecule has 2 aliphatic heterocycles. The Morgan fingerprint density at radius 3 is 2.69 bits per heavy atom. The topological polar surface area (TPSA) is 117 Å². The Hall–Kier alpha value is -3.74. The third kappa shape index (κ3) is 6.35. The molecule has 0 unspecified atom stereocenters. The number of fused-ring (bicyclic) bond motifs is 1. The summed E-state index contributed by atoms with van der Waals surface area (Å²) in [6, 6.07) is 7.90. The number of amides is 2. The summed E-state index contributed by atoms with van der Waals surface area (Å²) < 4.78 is 44.8. The maximum absolute atomic E-state index is 13.4. The number of benzene rings is 2. The molecule has 3 heterocycles. The Balaban J connectivity index is 1.31. The van der Waals surface area contributed by atoms with Crippen LogP contribution in [0.3, 0.4) is 0 Å². The van der Waals surface area contributed by atoms with Crippen LogP contribution in [0.1, 0.15) is 52.9 Å². The number of nitrogens with one attached hydrogen (secondary N) is 2. The van der Waals surface area contributed by atoms with Crippen LogP contribution in [0.15, 0.2) is 48.7 Å². The molecule has 2 aromatic carbocycles. The Morgan fingerprint density at radius 2 is 1.98 bits per heavy atom. The average Bonchev–Trinajstić information content (AvgIpc) is 3.29. The van der Waals surface area contributed by atoms with Crippen molar-refractivity contribution in [1.82, 2.24) is 20.2 Å². The van der Waals surface area contributed by atoms with Gasteiger partial charge in [0.15, 0.2) is 0 Å². The van der Waals surface area contributed by atoms with Gasteiger partial charge >= 0.3 is 6.18 Å². The van der Waals surface area contributed by atoms with Crippen molar-refractivity contribution in [3.8, 4) is 11.3 Å². The number of aliphatic hydroxyl groups excluding tert-OH is 1. The summed E-state index contributed by atoms with van der Waals surface area (Å²) in [4.78, 5) is 36.6. The molecule has 42 heavy (non-hydrogen) atoms. The number of halogens is 4. The zero-order valence-electron chi connectivity index (χ0n) is 22.6. The summed E-state index contributed by atoms with van der Waals surface area (Å²) in [5.41, 5.74) is 1.39. The number of nitrogens with zero attached hydrogens (tertiary/aromatic N) is 3. The number of aliphatic hydroxyl groups is 1. The molecule has 3 aromatic rings. The smallest absolute Gasteiger partial charge is 0.394 e. The highest BCUT2D eigenvalue weighted by atomic mass is 35.5. The number of carbonyl (C=O) groups is 2. The van der Waals surface area contributed by atoms with Crippen LogP contribution >= 0.6 is 11.6 Å². The minimum absolute atomic E-state index is 0.0685. The molecule has 0 spiro atoms. The molecule has 0 bridgehead atoms. The number of alkyl halides is 3. The van der Waals surface area contributed by atoms with Crippen molar-refractivity contribution in [2.24, 2.45) is 0 Å². The molecule has 9 nitrogen and oxygen atoms in total. The van der Waals surface area contributed by atoms with Crippen molar-refractivity contribution in [2.75, 3.05) is 25.1 Å². The van der Waals surface area contributed by atoms with Crippen molar-refractivity contribution >= 4 is 29.4 Å². The van der Waals surface area contributed by atoms with Crippen LogP contribution in [0, 0.1) is 0 Å². The normalized spacial score (nSPS) is 17.1. The molecule has 2 atom stereocenters. The van der Waals surface area contributed by atoms with E-state index in [1.807, 2.05) is 0 Å². The van der Waals surface area contributed by atoms with E-state index in [4.69, 9.17) is 16.3 Å². The first-order valence-corrected chi connectivity index (χ1v) is 13.8. The predicted molar refractivity (Wildman–Crippen MR) is 149 cm³/mol. The highest BCUT2D eigenvalue weighted by Gasteiger charge is 2.37. The van der Waals surface area contributed by atoms with Crippen molar-refractivity contribution in [1.29, 1.82) is 0 Å². The van der Waals surface area contributed by atoms with Crippen LogP contribution < -0.4 is 10.6 Å². The number of ether oxygens (including phenoxy) is 1. The predicted octanol–water partition coefficient (Wildman–Crippen LogP) is 4.60. The molecular weight excluding hydrogens is 575 g/mol. The Kier molecular flexibility index (Phi) is 8.67. The van der Waals surface area contributed by atoms with E-state index in [-0.39, 0.29) is 18.2 Å². The van der Waals surface area contributed by atoms with Crippen molar-refractivity contribution < 1.29 is 32.6 Å². The molecule has 13 heteroatoms. The summed E-state index contributed by atoms with van der Waals surface area (Å²) in [7, 11) is 0. The standard InChI is InChI=1S/C29H29ClF3N5O4/c1-16(17-3-2-4-20(11-17)29(31,32)33)35-26(40)24(15-39)38-14-19-6-5-18(12-22(19)27(38)41)25-23(30)13-34-28(37-25)36-21-7-9-42-10-8-21/h2-6,11-13,16,21,24,39H,7-10,14-15H2,1H3,(H,35,40)(H,34,36,37)/t16-,24-/m1/s1. The second-order valence-electron chi connectivity index (χ2n) is 10.3. The average molecular weight is 604 g/mol. The molecule has 1 fully saturated rings. The number of aromatic nitrogens is 2. The van der Waals surface area contributed by atoms with Gasteiger partial charge in [-0.1, -0.05) is 35.9 Å². The lowest BCUT2D eigenvalue weighted by molar-refractivity contribution is -0.137. The van der Waals surface area contributed by atoms with Crippen molar-refractivity contribution in [3.63, 3.8) is 0 Å². The molecule has 3 N–H and O–H groups in total. The number of carbonyl (C=O) groups excluding carboxylic acids is 2. The monoisotopic (exact) mass is 603 g/mol. The van der Waals surface area contributed by atoms with Gasteiger partial charge in [-0.15, -0.1) is 0 Å². The van der Waals surface area contributed by atoms with E-state index in [0.717, 1.165) is 25.0 Å². The fourth-order valence-electron chi connectivity index (χ4n) is 5.09. The molecule has 0 saturated carbocycles. The molecular formula is C29H29ClF3N5O4. The SMILES string of the molecule is C[C@@H](NC(=O)[C@@H](CO)N1Cc2ccc(-c3nc(NC4CCOCC4)ncc3Cl)cc2C1=O)c1cccc(C(F)(F)F)c1. The third-order valence-corrected chi connectivity index (χ3v) is 7.72. The zero-order valence-corrected chi connectivity index (χ0v) is 23.4. The largest absolute Gasteiger partial charge is 0.416 e. The van der Waals surface area contributed by atoms with Gasteiger partial charge in [0.2, 0.25) is 11.9 Å². The second-order valence-corrected chi connectivity index (χ2v) is 10.7. The van der Waals surface area contributed by atoms with E-state index in [2.05, 4.69) is 20.6 Å². The van der Waals surface area contributed by atoms with E-state index in [0.29, 0.717) is 46.6 Å². The summed E-state index contributed by atoms with van der Waals surface area (Å²) in [6.07, 6.45) is -1.39. The number of hydrogen-bond donors (Lipinski definition) is 3. The lowest BCUT2D eigenvalue weighted by Gasteiger charge is -2.27. The quantitative estimate of drug-likeness (QED) is 0.345. The fraction of sp³-hybridized carbons (Fsp3) is 0.379. The fourth-order valence-corrected chi connectivity index (χ4v) is 5.29. The first-order chi connectivity index (χ1) is 20.0. The number of rotatable bonds is 8. The van der Waals surface area contributed by atoms with Crippen LogP contribution in [0.4, 0.5) is 19.1 Å². The molecule has 222 valence electrons. The van der Waals surface area contributed by atoms with E-state index in [1.54, 1.807) is 18.2 Å². The van der Waals surface area contributed by atoms with E-state index in [9.17, 15) is 27.9 Å². The van der Waals surface area contributed by atoms with Gasteiger partial charge in [-0.05, 0) is 49.1 Å². The maximum Gasteiger partial charge on any atom is 0.416 e. The molecule has 2 amide bonds.